The topological polar surface area (TPSA) is 76.5 Å². The van der Waals surface area contributed by atoms with Crippen molar-refractivity contribution in [2.24, 2.45) is 0 Å². The van der Waals surface area contributed by atoms with Crippen LogP contribution < -0.4 is 10.1 Å². The summed E-state index contributed by atoms with van der Waals surface area (Å²) in [4.78, 5) is 26.8. The maximum Gasteiger partial charge on any atom is 0.245 e. The second kappa shape index (κ2) is 10.1. The molecule has 0 aliphatic rings. The van der Waals surface area contributed by atoms with Crippen molar-refractivity contribution in [1.29, 1.82) is 0 Å². The number of carbonyl (C=O) groups excluding carboxylic acids is 2. The average molecular weight is 469 g/mol. The molecular weight excluding hydrogens is 440 g/mol. The molecule has 0 aliphatic heterocycles. The zero-order valence-electron chi connectivity index (χ0n) is 19.5. The third kappa shape index (κ3) is 5.93. The van der Waals surface area contributed by atoms with Crippen molar-refractivity contribution in [3.8, 4) is 11.4 Å². The Labute approximate surface area is 199 Å². The molecule has 0 fully saturated rings. The highest BCUT2D eigenvalue weighted by Crippen LogP contribution is 2.27. The summed E-state index contributed by atoms with van der Waals surface area (Å²) in [6.07, 6.45) is 0. The van der Waals surface area contributed by atoms with Crippen molar-refractivity contribution in [3.63, 3.8) is 0 Å². The van der Waals surface area contributed by atoms with Gasteiger partial charge in [0.25, 0.3) is 0 Å². The number of aromatic nitrogens is 2. The van der Waals surface area contributed by atoms with E-state index < -0.39 is 5.38 Å². The van der Waals surface area contributed by atoms with Crippen LogP contribution in [0.25, 0.3) is 5.69 Å². The summed E-state index contributed by atoms with van der Waals surface area (Å²) in [6, 6.07) is 18.3. The summed E-state index contributed by atoms with van der Waals surface area (Å²) in [6.45, 7) is 6.01. The molecule has 0 bridgehead atoms. The number of hydrogen-bond acceptors (Lipinski definition) is 4. The Hall–Kier alpha value is -3.32. The molecule has 3 rings (SSSR count). The fourth-order valence-corrected chi connectivity index (χ4v) is 3.50. The van der Waals surface area contributed by atoms with Crippen LogP contribution in [-0.4, -0.2) is 47.2 Å². The number of benzene rings is 2. The zero-order chi connectivity index (χ0) is 24.2. The van der Waals surface area contributed by atoms with Gasteiger partial charge in [0.05, 0.1) is 25.0 Å². The van der Waals surface area contributed by atoms with Crippen LogP contribution in [0.4, 0.5) is 5.82 Å². The van der Waals surface area contributed by atoms with Crippen molar-refractivity contribution in [2.75, 3.05) is 26.0 Å². The van der Waals surface area contributed by atoms with E-state index in [0.717, 1.165) is 17.1 Å². The summed E-state index contributed by atoms with van der Waals surface area (Å²) in [7, 11) is 3.16. The maximum atomic E-state index is 12.8. The fourth-order valence-electron chi connectivity index (χ4n) is 3.19. The molecule has 3 aromatic rings. The van der Waals surface area contributed by atoms with Gasteiger partial charge in [-0.25, -0.2) is 4.68 Å². The SMILES string of the molecule is COc1ccc(-n2nc(C(C)(C)C)cc2NC(=O)CN(C)C(=O)C(Cl)c2ccccc2)cc1. The van der Waals surface area contributed by atoms with Gasteiger partial charge in [0.2, 0.25) is 11.8 Å². The van der Waals surface area contributed by atoms with Crippen LogP contribution in [0.1, 0.15) is 37.4 Å². The molecule has 0 saturated carbocycles. The first kappa shape index (κ1) is 24.3. The average Bonchev–Trinajstić information content (AvgIpc) is 3.22. The van der Waals surface area contributed by atoms with Gasteiger partial charge in [0.15, 0.2) is 0 Å². The van der Waals surface area contributed by atoms with E-state index in [4.69, 9.17) is 21.4 Å². The molecular formula is C25H29ClN4O3. The first-order valence-corrected chi connectivity index (χ1v) is 11.0. The largest absolute Gasteiger partial charge is 0.497 e. The highest BCUT2D eigenvalue weighted by atomic mass is 35.5. The minimum absolute atomic E-state index is 0.145. The molecule has 33 heavy (non-hydrogen) atoms. The number of alkyl halides is 1. The number of likely N-dealkylation sites (N-methyl/N-ethyl adjacent to an activating group) is 1. The van der Waals surface area contributed by atoms with Crippen molar-refractivity contribution in [1.82, 2.24) is 14.7 Å². The molecule has 1 heterocycles. The smallest absolute Gasteiger partial charge is 0.245 e. The molecule has 1 unspecified atom stereocenters. The molecule has 0 spiro atoms. The molecule has 0 radical (unpaired) electrons. The number of carbonyl (C=O) groups is 2. The number of hydrogen-bond donors (Lipinski definition) is 1. The van der Waals surface area contributed by atoms with E-state index in [2.05, 4.69) is 26.1 Å². The highest BCUT2D eigenvalue weighted by Gasteiger charge is 2.25. The fraction of sp³-hybridized carbons (Fsp3) is 0.320. The van der Waals surface area contributed by atoms with Crippen molar-refractivity contribution in [2.45, 2.75) is 31.6 Å². The first-order chi connectivity index (χ1) is 15.6. The molecule has 174 valence electrons. The summed E-state index contributed by atoms with van der Waals surface area (Å²) in [5.41, 5.74) is 2.06. The molecule has 1 aromatic heterocycles. The van der Waals surface area contributed by atoms with Gasteiger partial charge in [0, 0.05) is 18.5 Å². The van der Waals surface area contributed by atoms with Gasteiger partial charge in [-0.2, -0.15) is 5.10 Å². The minimum atomic E-state index is -0.860. The molecule has 2 aromatic carbocycles. The van der Waals surface area contributed by atoms with Gasteiger partial charge >= 0.3 is 0 Å². The van der Waals surface area contributed by atoms with Crippen LogP contribution in [0.5, 0.6) is 5.75 Å². The maximum absolute atomic E-state index is 12.8. The normalized spacial score (nSPS) is 12.2. The molecule has 2 amide bonds. The number of rotatable bonds is 7. The number of nitrogens with zero attached hydrogens (tertiary/aromatic N) is 3. The van der Waals surface area contributed by atoms with E-state index in [9.17, 15) is 9.59 Å². The molecule has 7 nitrogen and oxygen atoms in total. The molecule has 8 heteroatoms. The van der Waals surface area contributed by atoms with Crippen molar-refractivity contribution in [3.05, 3.63) is 71.9 Å². The van der Waals surface area contributed by atoms with E-state index in [0.29, 0.717) is 11.4 Å². The Balaban J connectivity index is 1.77. The van der Waals surface area contributed by atoms with E-state index >= 15 is 0 Å². The van der Waals surface area contributed by atoms with Crippen LogP contribution in [0.15, 0.2) is 60.7 Å². The molecule has 1 N–H and O–H groups in total. The van der Waals surface area contributed by atoms with Crippen LogP contribution in [0.2, 0.25) is 0 Å². The third-order valence-corrected chi connectivity index (χ3v) is 5.57. The number of ether oxygens (including phenoxy) is 1. The van der Waals surface area contributed by atoms with Gasteiger partial charge in [0.1, 0.15) is 16.9 Å². The number of nitrogens with one attached hydrogen (secondary N) is 1. The van der Waals surface area contributed by atoms with Crippen molar-refractivity contribution >= 4 is 29.2 Å². The lowest BCUT2D eigenvalue weighted by Gasteiger charge is -2.20. The Kier molecular flexibility index (Phi) is 7.43. The molecule has 0 saturated heterocycles. The second-order valence-corrected chi connectivity index (χ2v) is 9.23. The summed E-state index contributed by atoms with van der Waals surface area (Å²) >= 11 is 6.33. The highest BCUT2D eigenvalue weighted by molar-refractivity contribution is 6.30. The third-order valence-electron chi connectivity index (χ3n) is 5.13. The summed E-state index contributed by atoms with van der Waals surface area (Å²) < 4.78 is 6.90. The van der Waals surface area contributed by atoms with E-state index in [1.807, 2.05) is 48.5 Å². The van der Waals surface area contributed by atoms with Gasteiger partial charge < -0.3 is 15.0 Å². The van der Waals surface area contributed by atoms with Crippen LogP contribution in [-0.2, 0) is 15.0 Å². The standard InChI is InChI=1S/C25H29ClN4O3/c1-25(2,3)20-15-21(30(28-20)18-11-13-19(33-5)14-12-18)27-22(31)16-29(4)24(32)23(26)17-9-7-6-8-10-17/h6-15,23H,16H2,1-5H3,(H,27,31). The Morgan fingerprint density at radius 2 is 1.76 bits per heavy atom. The number of anilines is 1. The number of methoxy groups -OCH3 is 1. The van der Waals surface area contributed by atoms with Crippen molar-refractivity contribution < 1.29 is 14.3 Å². The van der Waals surface area contributed by atoms with Gasteiger partial charge in [-0.15, -0.1) is 11.6 Å². The second-order valence-electron chi connectivity index (χ2n) is 8.79. The van der Waals surface area contributed by atoms with E-state index in [-0.39, 0.29) is 23.8 Å². The lowest BCUT2D eigenvalue weighted by Crippen LogP contribution is -2.37. The van der Waals surface area contributed by atoms with Gasteiger partial charge in [-0.05, 0) is 29.8 Å². The molecule has 1 atom stereocenters. The Bertz CT molecular complexity index is 1100. The lowest BCUT2D eigenvalue weighted by molar-refractivity contribution is -0.133. The zero-order valence-corrected chi connectivity index (χ0v) is 20.3. The van der Waals surface area contributed by atoms with Crippen LogP contribution >= 0.6 is 11.6 Å². The summed E-state index contributed by atoms with van der Waals surface area (Å²) in [5, 5.41) is 6.73. The first-order valence-electron chi connectivity index (χ1n) is 10.6. The minimum Gasteiger partial charge on any atom is -0.497 e. The van der Waals surface area contributed by atoms with Crippen LogP contribution in [0.3, 0.4) is 0 Å². The van der Waals surface area contributed by atoms with E-state index in [1.54, 1.807) is 31.0 Å². The predicted octanol–water partition coefficient (Wildman–Crippen LogP) is 4.56. The summed E-state index contributed by atoms with van der Waals surface area (Å²) in [5.74, 6) is 0.540. The van der Waals surface area contributed by atoms with Gasteiger partial charge in [-0.3, -0.25) is 9.59 Å². The van der Waals surface area contributed by atoms with Gasteiger partial charge in [-0.1, -0.05) is 51.1 Å². The Morgan fingerprint density at radius 1 is 1.12 bits per heavy atom. The lowest BCUT2D eigenvalue weighted by atomic mass is 9.92. The van der Waals surface area contributed by atoms with E-state index in [1.165, 1.54) is 4.90 Å². The number of amides is 2. The monoisotopic (exact) mass is 468 g/mol. The molecule has 0 aliphatic carbocycles. The van der Waals surface area contributed by atoms with Crippen LogP contribution in [0, 0.1) is 0 Å². The quantitative estimate of drug-likeness (QED) is 0.516. The Morgan fingerprint density at radius 3 is 2.33 bits per heavy atom. The number of halogens is 1. The predicted molar refractivity (Wildman–Crippen MR) is 130 cm³/mol.